The molecule has 0 saturated heterocycles. The lowest BCUT2D eigenvalue weighted by molar-refractivity contribution is -0.115. The summed E-state index contributed by atoms with van der Waals surface area (Å²) < 4.78 is 13.8. The molecule has 1 amide bonds. The molecule has 0 saturated carbocycles. The Morgan fingerprint density at radius 3 is 2.80 bits per heavy atom. The summed E-state index contributed by atoms with van der Waals surface area (Å²) in [5.41, 5.74) is 0.583. The van der Waals surface area contributed by atoms with Gasteiger partial charge in [0.1, 0.15) is 5.82 Å². The van der Waals surface area contributed by atoms with E-state index in [1.807, 2.05) is 0 Å². The second-order valence-corrected chi connectivity index (χ2v) is 7.40. The number of nitrogens with zero attached hydrogens (tertiary/aromatic N) is 4. The molecule has 1 atom stereocenters. The lowest BCUT2D eigenvalue weighted by Crippen LogP contribution is -2.23. The van der Waals surface area contributed by atoms with Crippen LogP contribution in [0.5, 0.6) is 0 Å². The van der Waals surface area contributed by atoms with Gasteiger partial charge in [0.25, 0.3) is 0 Å². The second kappa shape index (κ2) is 7.99. The minimum Gasteiger partial charge on any atom is -0.330 e. The fourth-order valence-corrected chi connectivity index (χ4v) is 3.69. The van der Waals surface area contributed by atoms with Crippen LogP contribution in [0.25, 0.3) is 0 Å². The number of halogens is 1. The first-order chi connectivity index (χ1) is 12.1. The molecule has 0 bridgehead atoms. The summed E-state index contributed by atoms with van der Waals surface area (Å²) in [5, 5.41) is 13.8. The van der Waals surface area contributed by atoms with E-state index in [2.05, 4.69) is 30.8 Å². The van der Waals surface area contributed by atoms with Crippen molar-refractivity contribution in [3.8, 4) is 0 Å². The third kappa shape index (κ3) is 4.94. The molecule has 1 unspecified atom stereocenters. The van der Waals surface area contributed by atoms with Gasteiger partial charge in [-0.05, 0) is 31.2 Å². The zero-order valence-electron chi connectivity index (χ0n) is 13.0. The van der Waals surface area contributed by atoms with Gasteiger partial charge in [-0.25, -0.2) is 14.4 Å². The van der Waals surface area contributed by atoms with Gasteiger partial charge in [0.15, 0.2) is 4.34 Å². The number of carbonyl (C=O) groups excluding carboxylic acids is 1. The maximum atomic E-state index is 13.2. The molecule has 0 aliphatic rings. The fourth-order valence-electron chi connectivity index (χ4n) is 1.78. The average molecular weight is 376 g/mol. The second-order valence-electron chi connectivity index (χ2n) is 4.83. The zero-order chi connectivity index (χ0) is 17.6. The van der Waals surface area contributed by atoms with Gasteiger partial charge in [-0.2, -0.15) is 0 Å². The number of hydrogen-bond donors (Lipinski definition) is 2. The highest BCUT2D eigenvalue weighted by molar-refractivity contribution is 8.02. The summed E-state index contributed by atoms with van der Waals surface area (Å²) in [6, 6.07) is 7.73. The van der Waals surface area contributed by atoms with Crippen LogP contribution in [0, 0.1) is 5.82 Å². The Morgan fingerprint density at radius 1 is 1.24 bits per heavy atom. The number of rotatable bonds is 6. The molecule has 0 aliphatic heterocycles. The number of aromatic nitrogens is 4. The number of nitrogens with one attached hydrogen (secondary N) is 2. The number of benzene rings is 1. The predicted octanol–water partition coefficient (Wildman–Crippen LogP) is 3.33. The van der Waals surface area contributed by atoms with Crippen LogP contribution in [-0.4, -0.2) is 31.3 Å². The van der Waals surface area contributed by atoms with Crippen LogP contribution >= 0.6 is 23.1 Å². The smallest absolute Gasteiger partial charge is 0.240 e. The number of carbonyl (C=O) groups is 1. The van der Waals surface area contributed by atoms with E-state index in [1.165, 1.54) is 35.2 Å². The molecule has 25 heavy (non-hydrogen) atoms. The number of thioether (sulfide) groups is 1. The largest absolute Gasteiger partial charge is 0.330 e. The summed E-state index contributed by atoms with van der Waals surface area (Å²) >= 11 is 2.55. The van der Waals surface area contributed by atoms with E-state index < -0.39 is 5.25 Å². The van der Waals surface area contributed by atoms with E-state index in [-0.39, 0.29) is 17.7 Å². The molecule has 0 radical (unpaired) electrons. The number of amides is 1. The first-order valence-electron chi connectivity index (χ1n) is 7.21. The van der Waals surface area contributed by atoms with Crippen molar-refractivity contribution in [3.05, 3.63) is 48.5 Å². The molecule has 0 spiro atoms. The van der Waals surface area contributed by atoms with Crippen molar-refractivity contribution in [3.63, 3.8) is 0 Å². The van der Waals surface area contributed by atoms with E-state index in [0.717, 1.165) is 0 Å². The molecule has 128 valence electrons. The first-order valence-corrected chi connectivity index (χ1v) is 8.90. The van der Waals surface area contributed by atoms with Crippen LogP contribution in [0.4, 0.5) is 21.2 Å². The Kier molecular flexibility index (Phi) is 5.51. The fraction of sp³-hybridized carbons (Fsp3) is 0.133. The topological polar surface area (TPSA) is 92.7 Å². The predicted molar refractivity (Wildman–Crippen MR) is 95.6 cm³/mol. The molecular formula is C15H13FN6OS2. The third-order valence-electron chi connectivity index (χ3n) is 2.93. The first kappa shape index (κ1) is 17.2. The maximum absolute atomic E-state index is 13.2. The number of hydrogen-bond acceptors (Lipinski definition) is 8. The molecule has 3 aromatic rings. The highest BCUT2D eigenvalue weighted by Crippen LogP contribution is 2.30. The van der Waals surface area contributed by atoms with Crippen LogP contribution < -0.4 is 10.6 Å². The monoisotopic (exact) mass is 376 g/mol. The van der Waals surface area contributed by atoms with Gasteiger partial charge in [-0.1, -0.05) is 29.2 Å². The Morgan fingerprint density at radius 2 is 2.04 bits per heavy atom. The normalized spacial score (nSPS) is 11.8. The summed E-state index contributed by atoms with van der Waals surface area (Å²) in [4.78, 5) is 20.0. The molecule has 7 nitrogen and oxygen atoms in total. The quantitative estimate of drug-likeness (QED) is 0.638. The van der Waals surface area contributed by atoms with Crippen molar-refractivity contribution in [1.82, 2.24) is 20.2 Å². The summed E-state index contributed by atoms with van der Waals surface area (Å²) in [6.07, 6.45) is 3.10. The highest BCUT2D eigenvalue weighted by atomic mass is 32.2. The van der Waals surface area contributed by atoms with E-state index in [0.29, 0.717) is 15.2 Å². The highest BCUT2D eigenvalue weighted by Gasteiger charge is 2.18. The van der Waals surface area contributed by atoms with Crippen molar-refractivity contribution < 1.29 is 9.18 Å². The Labute approximate surface area is 151 Å². The summed E-state index contributed by atoms with van der Waals surface area (Å²) in [5.74, 6) is -0.311. The molecular weight excluding hydrogens is 363 g/mol. The SMILES string of the molecule is CC(Sc1nnc(Nc2cccc(F)c2)s1)C(=O)Nc1ncccn1. The van der Waals surface area contributed by atoms with Crippen molar-refractivity contribution in [2.45, 2.75) is 16.5 Å². The third-order valence-corrected chi connectivity index (χ3v) is 4.95. The maximum Gasteiger partial charge on any atom is 0.240 e. The number of anilines is 3. The van der Waals surface area contributed by atoms with Gasteiger partial charge in [0.2, 0.25) is 17.0 Å². The van der Waals surface area contributed by atoms with Crippen LogP contribution in [0.3, 0.4) is 0 Å². The molecule has 1 aromatic carbocycles. The summed E-state index contributed by atoms with van der Waals surface area (Å²) in [6.45, 7) is 1.75. The van der Waals surface area contributed by atoms with Gasteiger partial charge in [-0.15, -0.1) is 10.2 Å². The lowest BCUT2D eigenvalue weighted by atomic mass is 10.3. The summed E-state index contributed by atoms with van der Waals surface area (Å²) in [7, 11) is 0. The minimum atomic E-state index is -0.404. The van der Waals surface area contributed by atoms with E-state index in [1.54, 1.807) is 37.5 Å². The van der Waals surface area contributed by atoms with Crippen LogP contribution in [0.1, 0.15) is 6.92 Å². The van der Waals surface area contributed by atoms with Gasteiger partial charge >= 0.3 is 0 Å². The standard InChI is InChI=1S/C15H13FN6OS2/c1-9(12(23)20-13-17-6-3-7-18-13)24-15-22-21-14(25-15)19-11-5-2-4-10(16)8-11/h2-9H,1H3,(H,19,21)(H,17,18,20,23). The van der Waals surface area contributed by atoms with Gasteiger partial charge in [0, 0.05) is 18.1 Å². The molecule has 2 aromatic heterocycles. The average Bonchev–Trinajstić information content (AvgIpc) is 3.02. The van der Waals surface area contributed by atoms with Gasteiger partial charge < -0.3 is 5.32 Å². The van der Waals surface area contributed by atoms with E-state index in [9.17, 15) is 9.18 Å². The van der Waals surface area contributed by atoms with Crippen molar-refractivity contribution >= 4 is 45.8 Å². The molecule has 3 rings (SSSR count). The van der Waals surface area contributed by atoms with Crippen molar-refractivity contribution in [2.75, 3.05) is 10.6 Å². The van der Waals surface area contributed by atoms with Gasteiger partial charge in [0.05, 0.1) is 5.25 Å². The Bertz CT molecular complexity index is 860. The van der Waals surface area contributed by atoms with Crippen molar-refractivity contribution in [2.24, 2.45) is 0 Å². The van der Waals surface area contributed by atoms with Crippen LogP contribution in [0.15, 0.2) is 47.1 Å². The minimum absolute atomic E-state index is 0.231. The molecule has 0 aliphatic carbocycles. The molecule has 0 fully saturated rings. The van der Waals surface area contributed by atoms with Crippen molar-refractivity contribution in [1.29, 1.82) is 0 Å². The van der Waals surface area contributed by atoms with E-state index in [4.69, 9.17) is 0 Å². The van der Waals surface area contributed by atoms with Crippen LogP contribution in [0.2, 0.25) is 0 Å². The Balaban J connectivity index is 1.58. The zero-order valence-corrected chi connectivity index (χ0v) is 14.6. The molecule has 2 heterocycles. The Hall–Kier alpha value is -2.59. The lowest BCUT2D eigenvalue weighted by Gasteiger charge is -2.08. The molecule has 10 heteroatoms. The van der Waals surface area contributed by atoms with E-state index >= 15 is 0 Å². The molecule has 2 N–H and O–H groups in total. The van der Waals surface area contributed by atoms with Crippen LogP contribution in [-0.2, 0) is 4.79 Å². The van der Waals surface area contributed by atoms with Gasteiger partial charge in [-0.3, -0.25) is 10.1 Å².